The number of carbonyl (C=O) groups excluding carboxylic acids is 2. The molecule has 1 fully saturated rings. The molecule has 0 saturated heterocycles. The molecule has 1 saturated carbocycles. The lowest BCUT2D eigenvalue weighted by atomic mass is 9.64. The van der Waals surface area contributed by atoms with Crippen molar-refractivity contribution in [3.05, 3.63) is 53.1 Å². The fourth-order valence-electron chi connectivity index (χ4n) is 3.27. The predicted molar refractivity (Wildman–Crippen MR) is 104 cm³/mol. The number of hydrogen-bond acceptors (Lipinski definition) is 6. The first-order valence-electron chi connectivity index (χ1n) is 8.53. The van der Waals surface area contributed by atoms with Crippen LogP contribution in [0.1, 0.15) is 24.8 Å². The van der Waals surface area contributed by atoms with Gasteiger partial charge in [-0.25, -0.2) is 0 Å². The summed E-state index contributed by atoms with van der Waals surface area (Å²) >= 11 is 7.02. The van der Waals surface area contributed by atoms with Crippen molar-refractivity contribution in [2.24, 2.45) is 0 Å². The summed E-state index contributed by atoms with van der Waals surface area (Å²) in [5.41, 5.74) is 2.09. The summed E-state index contributed by atoms with van der Waals surface area (Å²) in [6, 6.07) is 12.6. The highest BCUT2D eigenvalue weighted by molar-refractivity contribution is 7.00. The first-order valence-corrected chi connectivity index (χ1v) is 9.64. The maximum atomic E-state index is 12.7. The van der Waals surface area contributed by atoms with E-state index in [9.17, 15) is 9.59 Å². The highest BCUT2D eigenvalue weighted by Crippen LogP contribution is 2.45. The molecule has 0 spiro atoms. The Bertz CT molecular complexity index is 999. The zero-order valence-electron chi connectivity index (χ0n) is 14.3. The second kappa shape index (κ2) is 7.25. The minimum atomic E-state index is -0.677. The molecular weight excluding hydrogens is 386 g/mol. The number of halogens is 1. The molecule has 1 aliphatic carbocycles. The lowest BCUT2D eigenvalue weighted by Crippen LogP contribution is -2.44. The van der Waals surface area contributed by atoms with Crippen molar-refractivity contribution >= 4 is 51.9 Å². The van der Waals surface area contributed by atoms with E-state index in [-0.39, 0.29) is 12.6 Å². The zero-order valence-corrected chi connectivity index (χ0v) is 15.8. The molecule has 8 heteroatoms. The van der Waals surface area contributed by atoms with Gasteiger partial charge in [0, 0.05) is 5.02 Å². The molecule has 1 amide bonds. The fourth-order valence-corrected chi connectivity index (χ4v) is 3.95. The molecule has 0 radical (unpaired) electrons. The Morgan fingerprint density at radius 3 is 2.63 bits per heavy atom. The number of amides is 1. The van der Waals surface area contributed by atoms with E-state index in [2.05, 4.69) is 14.1 Å². The molecule has 1 N–H and O–H groups in total. The number of fused-ring (bicyclic) bond motifs is 1. The SMILES string of the molecule is O=C(COC(=O)C1(c2ccc(Cl)cc2)CCC1)Nc1cccc2nsnc12. The number of hydrogen-bond donors (Lipinski definition) is 1. The van der Waals surface area contributed by atoms with E-state index < -0.39 is 11.3 Å². The molecule has 4 rings (SSSR count). The summed E-state index contributed by atoms with van der Waals surface area (Å²) in [6.07, 6.45) is 2.36. The van der Waals surface area contributed by atoms with Crippen molar-refractivity contribution < 1.29 is 14.3 Å². The van der Waals surface area contributed by atoms with Crippen molar-refractivity contribution in [2.75, 3.05) is 11.9 Å². The van der Waals surface area contributed by atoms with E-state index in [1.54, 1.807) is 24.3 Å². The second-order valence-electron chi connectivity index (χ2n) is 6.50. The first kappa shape index (κ1) is 17.9. The van der Waals surface area contributed by atoms with Crippen LogP contribution >= 0.6 is 23.3 Å². The lowest BCUT2D eigenvalue weighted by molar-refractivity contribution is -0.156. The highest BCUT2D eigenvalue weighted by Gasteiger charge is 2.47. The van der Waals surface area contributed by atoms with Crippen LogP contribution in [0.2, 0.25) is 5.02 Å². The summed E-state index contributed by atoms with van der Waals surface area (Å²) in [6.45, 7) is -0.345. The van der Waals surface area contributed by atoms with Gasteiger partial charge in [0.2, 0.25) is 0 Å². The molecule has 0 unspecified atom stereocenters. The Labute approximate surface area is 164 Å². The molecule has 1 aromatic heterocycles. The van der Waals surface area contributed by atoms with Gasteiger partial charge in [-0.05, 0) is 42.7 Å². The van der Waals surface area contributed by atoms with Gasteiger partial charge in [-0.3, -0.25) is 9.59 Å². The van der Waals surface area contributed by atoms with Gasteiger partial charge < -0.3 is 10.1 Å². The Kier molecular flexibility index (Phi) is 4.80. The third kappa shape index (κ3) is 3.40. The van der Waals surface area contributed by atoms with Crippen LogP contribution in [0.15, 0.2) is 42.5 Å². The predicted octanol–water partition coefficient (Wildman–Crippen LogP) is 3.95. The van der Waals surface area contributed by atoms with Crippen molar-refractivity contribution in [2.45, 2.75) is 24.7 Å². The van der Waals surface area contributed by atoms with E-state index in [1.807, 2.05) is 18.2 Å². The Morgan fingerprint density at radius 1 is 1.15 bits per heavy atom. The zero-order chi connectivity index (χ0) is 18.9. The monoisotopic (exact) mass is 401 g/mol. The molecule has 0 bridgehead atoms. The van der Waals surface area contributed by atoms with Gasteiger partial charge in [-0.1, -0.05) is 36.2 Å². The van der Waals surface area contributed by atoms with Gasteiger partial charge in [-0.15, -0.1) is 0 Å². The van der Waals surface area contributed by atoms with E-state index in [0.717, 1.165) is 23.7 Å². The van der Waals surface area contributed by atoms with E-state index in [1.165, 1.54) is 0 Å². The first-order chi connectivity index (χ1) is 13.1. The van der Waals surface area contributed by atoms with Gasteiger partial charge in [0.15, 0.2) is 6.61 Å². The number of nitrogens with one attached hydrogen (secondary N) is 1. The Balaban J connectivity index is 1.41. The largest absolute Gasteiger partial charge is 0.455 e. The lowest BCUT2D eigenvalue weighted by Gasteiger charge is -2.39. The number of aromatic nitrogens is 2. The second-order valence-corrected chi connectivity index (χ2v) is 7.47. The number of esters is 1. The highest BCUT2D eigenvalue weighted by atomic mass is 35.5. The average molecular weight is 402 g/mol. The number of nitrogens with zero attached hydrogens (tertiary/aromatic N) is 2. The molecule has 1 heterocycles. The van der Waals surface area contributed by atoms with Crippen LogP contribution in [0.3, 0.4) is 0 Å². The van der Waals surface area contributed by atoms with E-state index in [4.69, 9.17) is 16.3 Å². The van der Waals surface area contributed by atoms with Crippen molar-refractivity contribution in [1.82, 2.24) is 8.75 Å². The topological polar surface area (TPSA) is 81.2 Å². The number of carbonyl (C=O) groups is 2. The maximum absolute atomic E-state index is 12.7. The van der Waals surface area contributed by atoms with Crippen LogP contribution in [0.25, 0.3) is 11.0 Å². The number of ether oxygens (including phenoxy) is 1. The molecule has 0 aliphatic heterocycles. The van der Waals surface area contributed by atoms with Crippen molar-refractivity contribution in [1.29, 1.82) is 0 Å². The van der Waals surface area contributed by atoms with E-state index in [0.29, 0.717) is 34.6 Å². The summed E-state index contributed by atoms with van der Waals surface area (Å²) in [5.74, 6) is -0.783. The standard InChI is InChI=1S/C19H16ClN3O3S/c20-13-7-5-12(6-8-13)19(9-2-10-19)18(25)26-11-16(24)21-14-3-1-4-15-17(14)23-27-22-15/h1,3-8H,2,9-11H2,(H,21,24). The minimum absolute atomic E-state index is 0.345. The van der Waals surface area contributed by atoms with Crippen molar-refractivity contribution in [3.8, 4) is 0 Å². The van der Waals surface area contributed by atoms with Crippen LogP contribution in [0.5, 0.6) is 0 Å². The number of rotatable bonds is 5. The van der Waals surface area contributed by atoms with Crippen LogP contribution in [-0.4, -0.2) is 27.2 Å². The smallest absolute Gasteiger partial charge is 0.317 e. The summed E-state index contributed by atoms with van der Waals surface area (Å²) in [5, 5.41) is 3.35. The minimum Gasteiger partial charge on any atom is -0.455 e. The molecule has 1 aliphatic rings. The molecule has 27 heavy (non-hydrogen) atoms. The molecule has 2 aromatic carbocycles. The third-order valence-electron chi connectivity index (χ3n) is 4.89. The van der Waals surface area contributed by atoms with Crippen LogP contribution in [0.4, 0.5) is 5.69 Å². The van der Waals surface area contributed by atoms with Gasteiger partial charge in [-0.2, -0.15) is 8.75 Å². The average Bonchev–Trinajstić information content (AvgIpc) is 3.10. The molecular formula is C19H16ClN3O3S. The normalized spacial score (nSPS) is 15.1. The quantitative estimate of drug-likeness (QED) is 0.654. The van der Waals surface area contributed by atoms with Gasteiger partial charge in [0.05, 0.1) is 22.8 Å². The third-order valence-corrected chi connectivity index (χ3v) is 5.68. The van der Waals surface area contributed by atoms with Crippen molar-refractivity contribution in [3.63, 3.8) is 0 Å². The molecule has 6 nitrogen and oxygen atoms in total. The number of benzene rings is 2. The fraction of sp³-hybridized carbons (Fsp3) is 0.263. The number of anilines is 1. The molecule has 138 valence electrons. The van der Waals surface area contributed by atoms with Gasteiger partial charge in [0.25, 0.3) is 5.91 Å². The van der Waals surface area contributed by atoms with Crippen LogP contribution in [0, 0.1) is 0 Å². The van der Waals surface area contributed by atoms with Gasteiger partial charge >= 0.3 is 5.97 Å². The molecule has 0 atom stereocenters. The van der Waals surface area contributed by atoms with Crippen LogP contribution < -0.4 is 5.32 Å². The Morgan fingerprint density at radius 2 is 1.93 bits per heavy atom. The van der Waals surface area contributed by atoms with Crippen LogP contribution in [-0.2, 0) is 19.7 Å². The van der Waals surface area contributed by atoms with Gasteiger partial charge in [0.1, 0.15) is 11.0 Å². The maximum Gasteiger partial charge on any atom is 0.317 e. The van der Waals surface area contributed by atoms with E-state index >= 15 is 0 Å². The summed E-state index contributed by atoms with van der Waals surface area (Å²) < 4.78 is 13.7. The summed E-state index contributed by atoms with van der Waals surface area (Å²) in [7, 11) is 0. The molecule has 3 aromatic rings. The Hall–Kier alpha value is -2.51. The summed E-state index contributed by atoms with van der Waals surface area (Å²) in [4.78, 5) is 25.0.